The molecule has 0 radical (unpaired) electrons. The lowest BCUT2D eigenvalue weighted by Gasteiger charge is -2.23. The summed E-state index contributed by atoms with van der Waals surface area (Å²) in [5, 5.41) is 0. The fourth-order valence-electron chi connectivity index (χ4n) is 3.25. The van der Waals surface area contributed by atoms with E-state index in [1.165, 1.54) is 44.6 Å². The number of hydrogen-bond acceptors (Lipinski definition) is 2. The first-order valence-corrected chi connectivity index (χ1v) is 7.43. The smallest absolute Gasteiger partial charge is 0.123 e. The molecule has 19 heavy (non-hydrogen) atoms. The molecule has 1 aromatic rings. The molecule has 1 unspecified atom stereocenters. The van der Waals surface area contributed by atoms with Gasteiger partial charge in [-0.3, -0.25) is 11.3 Å². The summed E-state index contributed by atoms with van der Waals surface area (Å²) in [5.74, 6) is 6.29. The summed E-state index contributed by atoms with van der Waals surface area (Å²) in [4.78, 5) is 0. The minimum absolute atomic E-state index is 0.142. The fourth-order valence-corrected chi connectivity index (χ4v) is 3.25. The Morgan fingerprint density at radius 1 is 1.26 bits per heavy atom. The van der Waals surface area contributed by atoms with Crippen molar-refractivity contribution in [1.82, 2.24) is 5.43 Å². The second kappa shape index (κ2) is 7.01. The second-order valence-corrected chi connectivity index (χ2v) is 5.81. The van der Waals surface area contributed by atoms with Gasteiger partial charge in [-0.25, -0.2) is 4.39 Å². The number of hydrogen-bond donors (Lipinski definition) is 2. The normalized spacial score (nSPS) is 19.1. The molecule has 1 fully saturated rings. The van der Waals surface area contributed by atoms with Crippen molar-refractivity contribution in [3.05, 3.63) is 35.1 Å². The Hall–Kier alpha value is -0.930. The molecule has 106 valence electrons. The molecule has 3 heteroatoms. The molecule has 0 heterocycles. The van der Waals surface area contributed by atoms with Crippen molar-refractivity contribution in [2.75, 3.05) is 0 Å². The first kappa shape index (κ1) is 14.5. The van der Waals surface area contributed by atoms with Crippen LogP contribution in [0.2, 0.25) is 0 Å². The van der Waals surface area contributed by atoms with Gasteiger partial charge in [-0.1, -0.05) is 44.6 Å². The molecule has 0 spiro atoms. The van der Waals surface area contributed by atoms with Crippen molar-refractivity contribution in [1.29, 1.82) is 0 Å². The lowest BCUT2D eigenvalue weighted by Crippen LogP contribution is -2.30. The van der Waals surface area contributed by atoms with E-state index in [9.17, 15) is 4.39 Å². The minimum atomic E-state index is -0.175. The fraction of sp³-hybridized carbons (Fsp3) is 0.625. The molecule has 1 aliphatic carbocycles. The Morgan fingerprint density at radius 3 is 2.53 bits per heavy atom. The van der Waals surface area contributed by atoms with Gasteiger partial charge in [-0.05, 0) is 42.5 Å². The zero-order valence-corrected chi connectivity index (χ0v) is 11.8. The van der Waals surface area contributed by atoms with Gasteiger partial charge in [0.05, 0.1) is 0 Å². The van der Waals surface area contributed by atoms with Crippen LogP contribution in [0.25, 0.3) is 0 Å². The average Bonchev–Trinajstić information content (AvgIpc) is 2.65. The number of benzene rings is 1. The zero-order chi connectivity index (χ0) is 13.7. The summed E-state index contributed by atoms with van der Waals surface area (Å²) in [5.41, 5.74) is 5.04. The van der Waals surface area contributed by atoms with Gasteiger partial charge in [0.2, 0.25) is 0 Å². The van der Waals surface area contributed by atoms with Gasteiger partial charge >= 0.3 is 0 Å². The van der Waals surface area contributed by atoms with E-state index in [2.05, 4.69) is 5.43 Å². The maximum absolute atomic E-state index is 13.2. The van der Waals surface area contributed by atoms with Crippen LogP contribution < -0.4 is 11.3 Å². The van der Waals surface area contributed by atoms with E-state index >= 15 is 0 Å². The van der Waals surface area contributed by atoms with Gasteiger partial charge in [0.15, 0.2) is 0 Å². The summed E-state index contributed by atoms with van der Waals surface area (Å²) in [7, 11) is 0. The van der Waals surface area contributed by atoms with Gasteiger partial charge in [0.1, 0.15) is 5.82 Å². The van der Waals surface area contributed by atoms with Gasteiger partial charge in [-0.15, -0.1) is 0 Å². The highest BCUT2D eigenvalue weighted by molar-refractivity contribution is 5.29. The van der Waals surface area contributed by atoms with Crippen LogP contribution in [0, 0.1) is 18.7 Å². The highest BCUT2D eigenvalue weighted by Gasteiger charge is 2.20. The van der Waals surface area contributed by atoms with E-state index in [-0.39, 0.29) is 11.9 Å². The van der Waals surface area contributed by atoms with E-state index in [1.807, 2.05) is 13.0 Å². The molecule has 0 saturated heterocycles. The Morgan fingerprint density at radius 2 is 1.95 bits per heavy atom. The summed E-state index contributed by atoms with van der Waals surface area (Å²) in [6, 6.07) is 5.13. The van der Waals surface area contributed by atoms with Gasteiger partial charge in [-0.2, -0.15) is 0 Å². The van der Waals surface area contributed by atoms with Crippen molar-refractivity contribution < 1.29 is 4.39 Å². The summed E-state index contributed by atoms with van der Waals surface area (Å²) < 4.78 is 13.2. The molecule has 1 atom stereocenters. The maximum atomic E-state index is 13.2. The Kier molecular flexibility index (Phi) is 5.34. The second-order valence-electron chi connectivity index (χ2n) is 5.81. The molecule has 0 aliphatic heterocycles. The predicted octanol–water partition coefficient (Wildman–Crippen LogP) is 4.00. The zero-order valence-electron chi connectivity index (χ0n) is 11.8. The van der Waals surface area contributed by atoms with E-state index in [0.717, 1.165) is 23.5 Å². The summed E-state index contributed by atoms with van der Waals surface area (Å²) in [6.07, 6.45) is 9.08. The van der Waals surface area contributed by atoms with E-state index < -0.39 is 0 Å². The topological polar surface area (TPSA) is 38.0 Å². The van der Waals surface area contributed by atoms with Crippen molar-refractivity contribution in [2.24, 2.45) is 11.8 Å². The quantitative estimate of drug-likeness (QED) is 0.490. The van der Waals surface area contributed by atoms with Gasteiger partial charge in [0.25, 0.3) is 0 Å². The van der Waals surface area contributed by atoms with Crippen LogP contribution in [0.5, 0.6) is 0 Å². The molecule has 1 aliphatic rings. The molecule has 3 N–H and O–H groups in total. The first-order valence-electron chi connectivity index (χ1n) is 7.43. The SMILES string of the molecule is Cc1cc(F)ccc1C(CC1CCCCCC1)NN. The van der Waals surface area contributed by atoms with Crippen molar-refractivity contribution in [2.45, 2.75) is 57.9 Å². The monoisotopic (exact) mass is 264 g/mol. The lowest BCUT2D eigenvalue weighted by atomic mass is 9.88. The van der Waals surface area contributed by atoms with Crippen LogP contribution in [-0.2, 0) is 0 Å². The lowest BCUT2D eigenvalue weighted by molar-refractivity contribution is 0.358. The van der Waals surface area contributed by atoms with E-state index in [0.29, 0.717) is 0 Å². The van der Waals surface area contributed by atoms with Crippen LogP contribution in [-0.4, -0.2) is 0 Å². The molecular formula is C16H25FN2. The van der Waals surface area contributed by atoms with Crippen LogP contribution in [0.3, 0.4) is 0 Å². The molecule has 0 aromatic heterocycles. The Labute approximate surface area is 115 Å². The molecule has 2 nitrogen and oxygen atoms in total. The molecule has 1 saturated carbocycles. The van der Waals surface area contributed by atoms with Gasteiger partial charge < -0.3 is 0 Å². The summed E-state index contributed by atoms with van der Waals surface area (Å²) in [6.45, 7) is 1.95. The number of hydrazine groups is 1. The van der Waals surface area contributed by atoms with Crippen molar-refractivity contribution in [3.8, 4) is 0 Å². The van der Waals surface area contributed by atoms with E-state index in [1.54, 1.807) is 6.07 Å². The standard InChI is InChI=1S/C16H25FN2/c1-12-10-14(17)8-9-15(12)16(19-18)11-13-6-4-2-3-5-7-13/h8-10,13,16,19H,2-7,11,18H2,1H3. The van der Waals surface area contributed by atoms with Crippen molar-refractivity contribution >= 4 is 0 Å². The van der Waals surface area contributed by atoms with Crippen LogP contribution in [0.4, 0.5) is 4.39 Å². The predicted molar refractivity (Wildman–Crippen MR) is 77.0 cm³/mol. The van der Waals surface area contributed by atoms with Crippen LogP contribution in [0.1, 0.15) is 62.1 Å². The summed E-state index contributed by atoms with van der Waals surface area (Å²) >= 11 is 0. The minimum Gasteiger partial charge on any atom is -0.271 e. The highest BCUT2D eigenvalue weighted by atomic mass is 19.1. The third-order valence-electron chi connectivity index (χ3n) is 4.35. The number of rotatable bonds is 4. The Balaban J connectivity index is 2.06. The number of aryl methyl sites for hydroxylation is 1. The van der Waals surface area contributed by atoms with Crippen LogP contribution >= 0.6 is 0 Å². The first-order chi connectivity index (χ1) is 9.20. The molecular weight excluding hydrogens is 239 g/mol. The average molecular weight is 264 g/mol. The number of nitrogens with two attached hydrogens (primary N) is 1. The maximum Gasteiger partial charge on any atom is 0.123 e. The molecule has 0 amide bonds. The van der Waals surface area contributed by atoms with Gasteiger partial charge in [0, 0.05) is 6.04 Å². The third kappa shape index (κ3) is 4.02. The van der Waals surface area contributed by atoms with E-state index in [4.69, 9.17) is 5.84 Å². The number of halogens is 1. The number of nitrogens with one attached hydrogen (secondary N) is 1. The third-order valence-corrected chi connectivity index (χ3v) is 4.35. The Bertz CT molecular complexity index is 398. The highest BCUT2D eigenvalue weighted by Crippen LogP contribution is 2.31. The van der Waals surface area contributed by atoms with Crippen LogP contribution in [0.15, 0.2) is 18.2 Å². The largest absolute Gasteiger partial charge is 0.271 e. The van der Waals surface area contributed by atoms with Crippen molar-refractivity contribution in [3.63, 3.8) is 0 Å². The molecule has 1 aromatic carbocycles. The molecule has 0 bridgehead atoms. The molecule has 2 rings (SSSR count).